The van der Waals surface area contributed by atoms with Crippen LogP contribution in [0.4, 0.5) is 0 Å². The van der Waals surface area contributed by atoms with E-state index in [9.17, 15) is 13.2 Å². The molecule has 2 N–H and O–H groups in total. The zero-order chi connectivity index (χ0) is 17.7. The largest absolute Gasteiger partial charge is 0.376 e. The van der Waals surface area contributed by atoms with Crippen molar-refractivity contribution in [1.29, 1.82) is 0 Å². The van der Waals surface area contributed by atoms with Gasteiger partial charge in [0, 0.05) is 24.8 Å². The van der Waals surface area contributed by atoms with Gasteiger partial charge in [-0.1, -0.05) is 19.3 Å². The quantitative estimate of drug-likeness (QED) is 0.808. The number of ether oxygens (including phenoxy) is 1. The number of hydrogen-bond acceptors (Lipinski definition) is 4. The van der Waals surface area contributed by atoms with Crippen LogP contribution >= 0.6 is 0 Å². The molecule has 1 amide bonds. The van der Waals surface area contributed by atoms with Gasteiger partial charge < -0.3 is 10.1 Å². The number of sulfonamides is 1. The molecule has 1 aromatic rings. The highest BCUT2D eigenvalue weighted by atomic mass is 32.2. The molecule has 0 bridgehead atoms. The Morgan fingerprint density at radius 3 is 2.40 bits per heavy atom. The van der Waals surface area contributed by atoms with Crippen molar-refractivity contribution in [3.63, 3.8) is 0 Å². The van der Waals surface area contributed by atoms with E-state index in [2.05, 4.69) is 10.0 Å². The van der Waals surface area contributed by atoms with Crippen LogP contribution in [-0.2, 0) is 14.8 Å². The van der Waals surface area contributed by atoms with Crippen LogP contribution in [0.25, 0.3) is 0 Å². The van der Waals surface area contributed by atoms with Crippen molar-refractivity contribution in [1.82, 2.24) is 10.0 Å². The molecule has 25 heavy (non-hydrogen) atoms. The Hall–Kier alpha value is -1.44. The summed E-state index contributed by atoms with van der Waals surface area (Å²) in [6.45, 7) is 1.24. The van der Waals surface area contributed by atoms with Gasteiger partial charge in [0.25, 0.3) is 5.91 Å². The third-order valence-electron chi connectivity index (χ3n) is 4.87. The Kier molecular flexibility index (Phi) is 6.09. The van der Waals surface area contributed by atoms with Gasteiger partial charge in [0.05, 0.1) is 11.0 Å². The van der Waals surface area contributed by atoms with Crippen LogP contribution in [0.15, 0.2) is 29.2 Å². The van der Waals surface area contributed by atoms with E-state index in [-0.39, 0.29) is 22.9 Å². The summed E-state index contributed by atoms with van der Waals surface area (Å²) in [5.41, 5.74) is 0.453. The highest BCUT2D eigenvalue weighted by molar-refractivity contribution is 7.89. The van der Waals surface area contributed by atoms with Crippen LogP contribution in [0.1, 0.15) is 55.3 Å². The van der Waals surface area contributed by atoms with E-state index in [0.717, 1.165) is 45.1 Å². The van der Waals surface area contributed by atoms with Crippen molar-refractivity contribution in [2.45, 2.75) is 62.0 Å². The molecule has 1 atom stereocenters. The van der Waals surface area contributed by atoms with E-state index in [1.807, 2.05) is 0 Å². The van der Waals surface area contributed by atoms with Crippen LogP contribution < -0.4 is 10.0 Å². The zero-order valence-electron chi connectivity index (χ0n) is 14.4. The van der Waals surface area contributed by atoms with Crippen molar-refractivity contribution in [2.75, 3.05) is 13.2 Å². The van der Waals surface area contributed by atoms with E-state index in [0.29, 0.717) is 12.1 Å². The third-order valence-corrected chi connectivity index (χ3v) is 6.40. The van der Waals surface area contributed by atoms with Crippen LogP contribution in [-0.4, -0.2) is 39.6 Å². The molecule has 1 saturated heterocycles. The first-order valence-corrected chi connectivity index (χ1v) is 10.5. The number of carbonyl (C=O) groups excluding carboxylic acids is 1. The van der Waals surface area contributed by atoms with Crippen LogP contribution in [0.5, 0.6) is 0 Å². The minimum Gasteiger partial charge on any atom is -0.376 e. The van der Waals surface area contributed by atoms with Gasteiger partial charge in [0.1, 0.15) is 0 Å². The first-order chi connectivity index (χ1) is 12.0. The van der Waals surface area contributed by atoms with Gasteiger partial charge in [0.15, 0.2) is 0 Å². The second-order valence-electron chi connectivity index (χ2n) is 6.83. The van der Waals surface area contributed by atoms with E-state index in [1.165, 1.54) is 18.6 Å². The lowest BCUT2D eigenvalue weighted by Crippen LogP contribution is -2.36. The van der Waals surface area contributed by atoms with E-state index < -0.39 is 10.0 Å². The Labute approximate surface area is 149 Å². The average Bonchev–Trinajstić information content (AvgIpc) is 3.14. The molecule has 3 rings (SSSR count). The van der Waals surface area contributed by atoms with Crippen LogP contribution in [0, 0.1) is 0 Å². The summed E-state index contributed by atoms with van der Waals surface area (Å²) in [6, 6.07) is 6.12. The predicted octanol–water partition coefficient (Wildman–Crippen LogP) is 2.21. The summed E-state index contributed by atoms with van der Waals surface area (Å²) < 4.78 is 33.2. The molecule has 0 spiro atoms. The third kappa shape index (κ3) is 5.03. The van der Waals surface area contributed by atoms with E-state index in [4.69, 9.17) is 4.74 Å². The minimum absolute atomic E-state index is 0.0214. The first kappa shape index (κ1) is 18.4. The summed E-state index contributed by atoms with van der Waals surface area (Å²) in [4.78, 5) is 12.4. The Morgan fingerprint density at radius 1 is 1.04 bits per heavy atom. The van der Waals surface area contributed by atoms with Gasteiger partial charge in [-0.15, -0.1) is 0 Å². The molecule has 1 heterocycles. The molecule has 1 aromatic carbocycles. The molecule has 1 aliphatic carbocycles. The summed E-state index contributed by atoms with van der Waals surface area (Å²) >= 11 is 0. The second kappa shape index (κ2) is 8.29. The van der Waals surface area contributed by atoms with Crippen molar-refractivity contribution in [3.8, 4) is 0 Å². The fraction of sp³-hybridized carbons (Fsp3) is 0.611. The molecule has 0 aromatic heterocycles. The summed E-state index contributed by atoms with van der Waals surface area (Å²) in [7, 11) is -3.53. The molecule has 1 saturated carbocycles. The Balaban J connectivity index is 1.57. The number of benzene rings is 1. The van der Waals surface area contributed by atoms with Crippen molar-refractivity contribution >= 4 is 15.9 Å². The van der Waals surface area contributed by atoms with Crippen molar-refractivity contribution < 1.29 is 17.9 Å². The Bertz CT molecular complexity index is 676. The smallest absolute Gasteiger partial charge is 0.251 e. The van der Waals surface area contributed by atoms with Crippen molar-refractivity contribution in [2.24, 2.45) is 0 Å². The molecule has 2 aliphatic rings. The first-order valence-electron chi connectivity index (χ1n) is 9.07. The number of carbonyl (C=O) groups is 1. The van der Waals surface area contributed by atoms with E-state index in [1.54, 1.807) is 12.1 Å². The summed E-state index contributed by atoms with van der Waals surface area (Å²) in [5.74, 6) is -0.209. The number of nitrogens with one attached hydrogen (secondary N) is 2. The molecule has 6 nitrogen and oxygen atoms in total. The van der Waals surface area contributed by atoms with Gasteiger partial charge >= 0.3 is 0 Å². The molecule has 1 unspecified atom stereocenters. The van der Waals surface area contributed by atoms with Gasteiger partial charge in [0.2, 0.25) is 10.0 Å². The SMILES string of the molecule is O=C(NCC1CCCO1)c1ccc(S(=O)(=O)NC2CCCCC2)cc1. The molecule has 1 aliphatic heterocycles. The predicted molar refractivity (Wildman–Crippen MR) is 94.9 cm³/mol. The fourth-order valence-electron chi connectivity index (χ4n) is 3.41. The molecule has 2 fully saturated rings. The fourth-order valence-corrected chi connectivity index (χ4v) is 4.71. The van der Waals surface area contributed by atoms with Gasteiger partial charge in [-0.2, -0.15) is 0 Å². The van der Waals surface area contributed by atoms with Crippen molar-refractivity contribution in [3.05, 3.63) is 29.8 Å². The maximum atomic E-state index is 12.5. The lowest BCUT2D eigenvalue weighted by atomic mass is 9.96. The topological polar surface area (TPSA) is 84.5 Å². The summed E-state index contributed by atoms with van der Waals surface area (Å²) in [6.07, 6.45) is 7.17. The van der Waals surface area contributed by atoms with E-state index >= 15 is 0 Å². The minimum atomic E-state index is -3.53. The highest BCUT2D eigenvalue weighted by Crippen LogP contribution is 2.20. The van der Waals surface area contributed by atoms with Crippen LogP contribution in [0.3, 0.4) is 0 Å². The molecular formula is C18H26N2O4S. The molecular weight excluding hydrogens is 340 g/mol. The van der Waals surface area contributed by atoms with Crippen LogP contribution in [0.2, 0.25) is 0 Å². The number of amides is 1. The maximum Gasteiger partial charge on any atom is 0.251 e. The zero-order valence-corrected chi connectivity index (χ0v) is 15.2. The molecule has 0 radical (unpaired) electrons. The highest BCUT2D eigenvalue weighted by Gasteiger charge is 2.22. The lowest BCUT2D eigenvalue weighted by molar-refractivity contribution is 0.0857. The van der Waals surface area contributed by atoms with Gasteiger partial charge in [-0.25, -0.2) is 13.1 Å². The number of hydrogen-bond donors (Lipinski definition) is 2. The standard InChI is InChI=1S/C18H26N2O4S/c21-18(19-13-16-7-4-12-24-16)14-8-10-17(11-9-14)25(22,23)20-15-5-2-1-3-6-15/h8-11,15-16,20H,1-7,12-13H2,(H,19,21). The lowest BCUT2D eigenvalue weighted by Gasteiger charge is -2.22. The second-order valence-corrected chi connectivity index (χ2v) is 8.54. The monoisotopic (exact) mass is 366 g/mol. The average molecular weight is 366 g/mol. The number of rotatable bonds is 6. The Morgan fingerprint density at radius 2 is 1.76 bits per heavy atom. The maximum absolute atomic E-state index is 12.5. The van der Waals surface area contributed by atoms with Gasteiger partial charge in [-0.05, 0) is 49.9 Å². The molecule has 138 valence electrons. The molecule has 7 heteroatoms. The summed E-state index contributed by atoms with van der Waals surface area (Å²) in [5, 5.41) is 2.84. The van der Waals surface area contributed by atoms with Gasteiger partial charge in [-0.3, -0.25) is 4.79 Å². The normalized spacial score (nSPS) is 22.0.